The molecule has 0 saturated carbocycles. The maximum absolute atomic E-state index is 5.56. The summed E-state index contributed by atoms with van der Waals surface area (Å²) >= 11 is 0. The van der Waals surface area contributed by atoms with Gasteiger partial charge in [0, 0.05) is 5.92 Å². The van der Waals surface area contributed by atoms with Crippen molar-refractivity contribution in [3.63, 3.8) is 0 Å². The van der Waals surface area contributed by atoms with Gasteiger partial charge in [-0.05, 0) is 20.8 Å². The van der Waals surface area contributed by atoms with Gasteiger partial charge in [0.1, 0.15) is 0 Å². The van der Waals surface area contributed by atoms with E-state index in [1.54, 1.807) is 0 Å². The molecule has 2 nitrogen and oxygen atoms in total. The summed E-state index contributed by atoms with van der Waals surface area (Å²) in [5.41, 5.74) is -0.0162. The van der Waals surface area contributed by atoms with Gasteiger partial charge in [0.25, 0.3) is 0 Å². The van der Waals surface area contributed by atoms with Crippen LogP contribution in [0, 0.1) is 5.92 Å². The zero-order chi connectivity index (χ0) is 7.78. The van der Waals surface area contributed by atoms with Crippen LogP contribution >= 0.6 is 0 Å². The summed E-state index contributed by atoms with van der Waals surface area (Å²) in [5.74, 6) is 0.490. The second kappa shape index (κ2) is 2.51. The van der Waals surface area contributed by atoms with E-state index < -0.39 is 0 Å². The van der Waals surface area contributed by atoms with Crippen molar-refractivity contribution in [2.24, 2.45) is 5.92 Å². The van der Waals surface area contributed by atoms with Crippen molar-refractivity contribution in [2.75, 3.05) is 6.61 Å². The Morgan fingerprint density at radius 3 is 2.30 bits per heavy atom. The van der Waals surface area contributed by atoms with Crippen LogP contribution < -0.4 is 0 Å². The summed E-state index contributed by atoms with van der Waals surface area (Å²) in [6.45, 7) is 9.11. The number of ether oxygens (including phenoxy) is 2. The van der Waals surface area contributed by atoms with Crippen LogP contribution in [0.3, 0.4) is 0 Å². The van der Waals surface area contributed by atoms with Crippen molar-refractivity contribution >= 4 is 0 Å². The lowest BCUT2D eigenvalue weighted by molar-refractivity contribution is -0.259. The third-order valence-corrected chi connectivity index (χ3v) is 2.24. The largest absolute Gasteiger partial charge is 0.353 e. The Bertz CT molecular complexity index is 120. The molecule has 2 atom stereocenters. The fourth-order valence-electron chi connectivity index (χ4n) is 1.06. The van der Waals surface area contributed by atoms with Gasteiger partial charge in [-0.3, -0.25) is 0 Å². The highest BCUT2D eigenvalue weighted by Crippen LogP contribution is 2.27. The van der Waals surface area contributed by atoms with E-state index in [9.17, 15) is 0 Å². The Balaban J connectivity index is 2.55. The molecule has 1 fully saturated rings. The lowest BCUT2D eigenvalue weighted by atomic mass is 9.92. The van der Waals surface area contributed by atoms with E-state index in [2.05, 4.69) is 20.8 Å². The van der Waals surface area contributed by atoms with Gasteiger partial charge in [-0.2, -0.15) is 0 Å². The molecule has 0 radical (unpaired) electrons. The molecule has 1 saturated heterocycles. The van der Waals surface area contributed by atoms with E-state index >= 15 is 0 Å². The summed E-state index contributed by atoms with van der Waals surface area (Å²) in [7, 11) is 0. The SMILES string of the molecule is C[C@H]1OC[C@@H](C)C(C)(C)O1. The minimum atomic E-state index is -0.0359. The molecular weight excluding hydrogens is 128 g/mol. The number of hydrogen-bond acceptors (Lipinski definition) is 2. The molecule has 0 spiro atoms. The fraction of sp³-hybridized carbons (Fsp3) is 1.00. The Morgan fingerprint density at radius 1 is 1.30 bits per heavy atom. The minimum Gasteiger partial charge on any atom is -0.353 e. The first-order valence-corrected chi connectivity index (χ1v) is 3.82. The van der Waals surface area contributed by atoms with Crippen LogP contribution in [0.5, 0.6) is 0 Å². The van der Waals surface area contributed by atoms with Gasteiger partial charge in [0.15, 0.2) is 6.29 Å². The van der Waals surface area contributed by atoms with E-state index in [-0.39, 0.29) is 11.9 Å². The van der Waals surface area contributed by atoms with Crippen LogP contribution in [0.25, 0.3) is 0 Å². The Hall–Kier alpha value is -0.0800. The summed E-state index contributed by atoms with van der Waals surface area (Å²) < 4.78 is 10.9. The highest BCUT2D eigenvalue weighted by molar-refractivity contribution is 4.78. The molecule has 1 heterocycles. The van der Waals surface area contributed by atoms with Crippen LogP contribution in [0.2, 0.25) is 0 Å². The molecular formula is C8H16O2. The van der Waals surface area contributed by atoms with E-state index in [1.807, 2.05) is 6.92 Å². The lowest BCUT2D eigenvalue weighted by Gasteiger charge is -2.39. The molecule has 0 aromatic carbocycles. The standard InChI is InChI=1S/C8H16O2/c1-6-5-9-7(2)10-8(6,3)4/h6-7H,5H2,1-4H3/t6-,7+/m1/s1. The average Bonchev–Trinajstić information content (AvgIpc) is 1.78. The normalized spacial score (nSPS) is 39.6. The van der Waals surface area contributed by atoms with Crippen LogP contribution in [0.1, 0.15) is 27.7 Å². The third-order valence-electron chi connectivity index (χ3n) is 2.24. The van der Waals surface area contributed by atoms with Gasteiger partial charge in [-0.15, -0.1) is 0 Å². The number of hydrogen-bond donors (Lipinski definition) is 0. The topological polar surface area (TPSA) is 18.5 Å². The van der Waals surface area contributed by atoms with Gasteiger partial charge >= 0.3 is 0 Å². The highest BCUT2D eigenvalue weighted by Gasteiger charge is 2.33. The molecule has 0 amide bonds. The van der Waals surface area contributed by atoms with Crippen LogP contribution in [0.15, 0.2) is 0 Å². The van der Waals surface area contributed by atoms with Crippen molar-refractivity contribution in [1.82, 2.24) is 0 Å². The van der Waals surface area contributed by atoms with Gasteiger partial charge in [0.05, 0.1) is 12.2 Å². The predicted molar refractivity (Wildman–Crippen MR) is 39.7 cm³/mol. The number of rotatable bonds is 0. The molecule has 10 heavy (non-hydrogen) atoms. The van der Waals surface area contributed by atoms with Crippen LogP contribution in [-0.2, 0) is 9.47 Å². The predicted octanol–water partition coefficient (Wildman–Crippen LogP) is 1.79. The van der Waals surface area contributed by atoms with Crippen molar-refractivity contribution in [3.8, 4) is 0 Å². The quantitative estimate of drug-likeness (QED) is 0.516. The first-order valence-electron chi connectivity index (χ1n) is 3.82. The zero-order valence-electron chi connectivity index (χ0n) is 7.18. The summed E-state index contributed by atoms with van der Waals surface area (Å²) in [5, 5.41) is 0. The molecule has 0 N–H and O–H groups in total. The van der Waals surface area contributed by atoms with Gasteiger partial charge in [-0.1, -0.05) is 6.92 Å². The molecule has 60 valence electrons. The van der Waals surface area contributed by atoms with E-state index in [1.165, 1.54) is 0 Å². The summed E-state index contributed by atoms with van der Waals surface area (Å²) in [4.78, 5) is 0. The zero-order valence-corrected chi connectivity index (χ0v) is 7.18. The third kappa shape index (κ3) is 1.50. The van der Waals surface area contributed by atoms with Crippen LogP contribution in [-0.4, -0.2) is 18.5 Å². The molecule has 1 rings (SSSR count). The minimum absolute atomic E-state index is 0.0162. The van der Waals surface area contributed by atoms with E-state index in [0.29, 0.717) is 5.92 Å². The summed E-state index contributed by atoms with van der Waals surface area (Å²) in [6, 6.07) is 0. The average molecular weight is 144 g/mol. The second-order valence-electron chi connectivity index (χ2n) is 3.52. The fourth-order valence-corrected chi connectivity index (χ4v) is 1.06. The maximum Gasteiger partial charge on any atom is 0.155 e. The molecule has 0 unspecified atom stereocenters. The Morgan fingerprint density at radius 2 is 1.90 bits per heavy atom. The summed E-state index contributed by atoms with van der Waals surface area (Å²) in [6.07, 6.45) is -0.0359. The van der Waals surface area contributed by atoms with Crippen molar-refractivity contribution < 1.29 is 9.47 Å². The van der Waals surface area contributed by atoms with Crippen molar-refractivity contribution in [3.05, 3.63) is 0 Å². The molecule has 1 aliphatic heterocycles. The van der Waals surface area contributed by atoms with E-state index in [0.717, 1.165) is 6.61 Å². The van der Waals surface area contributed by atoms with E-state index in [4.69, 9.17) is 9.47 Å². The Labute approximate surface area is 62.5 Å². The van der Waals surface area contributed by atoms with Crippen molar-refractivity contribution in [2.45, 2.75) is 39.6 Å². The first kappa shape index (κ1) is 8.02. The monoisotopic (exact) mass is 144 g/mol. The molecule has 0 aliphatic carbocycles. The highest BCUT2D eigenvalue weighted by atomic mass is 16.7. The molecule has 0 aromatic heterocycles. The molecule has 2 heteroatoms. The van der Waals surface area contributed by atoms with Gasteiger partial charge < -0.3 is 9.47 Å². The smallest absolute Gasteiger partial charge is 0.155 e. The Kier molecular flexibility index (Phi) is 2.02. The maximum atomic E-state index is 5.56. The van der Waals surface area contributed by atoms with Gasteiger partial charge in [0.2, 0.25) is 0 Å². The van der Waals surface area contributed by atoms with Crippen LogP contribution in [0.4, 0.5) is 0 Å². The molecule has 0 bridgehead atoms. The first-order chi connectivity index (χ1) is 4.52. The molecule has 1 aliphatic rings. The lowest BCUT2D eigenvalue weighted by Crippen LogP contribution is -2.44. The van der Waals surface area contributed by atoms with Crippen molar-refractivity contribution in [1.29, 1.82) is 0 Å². The van der Waals surface area contributed by atoms with Gasteiger partial charge in [-0.25, -0.2) is 0 Å². The second-order valence-corrected chi connectivity index (χ2v) is 3.52. The molecule has 0 aromatic rings.